The van der Waals surface area contributed by atoms with Crippen LogP contribution in [0.1, 0.15) is 86.0 Å². The summed E-state index contributed by atoms with van der Waals surface area (Å²) in [6, 6.07) is 0. The number of esters is 3. The summed E-state index contributed by atoms with van der Waals surface area (Å²) in [5.74, 6) is 2.33. The Morgan fingerprint density at radius 2 is 1.86 bits per heavy atom. The van der Waals surface area contributed by atoms with Crippen LogP contribution in [0.4, 0.5) is 0 Å². The van der Waals surface area contributed by atoms with Crippen LogP contribution in [0.3, 0.4) is 0 Å². The molecular formula is C29H42O6. The Morgan fingerprint density at radius 3 is 2.51 bits per heavy atom. The first-order valence-electron chi connectivity index (χ1n) is 13.3. The second-order valence-corrected chi connectivity index (χ2v) is 11.9. The minimum absolute atomic E-state index is 0.0130. The Kier molecular flexibility index (Phi) is 7.23. The van der Waals surface area contributed by atoms with Crippen LogP contribution in [0.2, 0.25) is 0 Å². The molecule has 2 fully saturated rings. The van der Waals surface area contributed by atoms with Crippen molar-refractivity contribution in [3.8, 4) is 0 Å². The van der Waals surface area contributed by atoms with Crippen LogP contribution in [0, 0.1) is 40.4 Å². The van der Waals surface area contributed by atoms with Crippen LogP contribution in [-0.4, -0.2) is 31.1 Å². The first-order valence-corrected chi connectivity index (χ1v) is 13.3. The van der Waals surface area contributed by atoms with Crippen LogP contribution in [0.25, 0.3) is 0 Å². The van der Waals surface area contributed by atoms with E-state index in [1.165, 1.54) is 26.5 Å². The number of hydrogen-bond acceptors (Lipinski definition) is 6. The molecule has 8 atom stereocenters. The largest absolute Gasteiger partial charge is 0.469 e. The van der Waals surface area contributed by atoms with E-state index in [4.69, 9.17) is 14.2 Å². The monoisotopic (exact) mass is 486 g/mol. The summed E-state index contributed by atoms with van der Waals surface area (Å²) in [5.41, 5.74) is 1.16. The normalized spacial score (nSPS) is 38.6. The van der Waals surface area contributed by atoms with Crippen molar-refractivity contribution in [2.45, 2.75) is 92.1 Å². The highest BCUT2D eigenvalue weighted by atomic mass is 16.5. The predicted molar refractivity (Wildman–Crippen MR) is 132 cm³/mol. The number of ether oxygens (including phenoxy) is 3. The van der Waals surface area contributed by atoms with Gasteiger partial charge in [0, 0.05) is 32.1 Å². The lowest BCUT2D eigenvalue weighted by Gasteiger charge is -2.59. The highest BCUT2D eigenvalue weighted by Gasteiger charge is 2.63. The van der Waals surface area contributed by atoms with Crippen LogP contribution in [0.5, 0.6) is 0 Å². The third kappa shape index (κ3) is 4.58. The van der Waals surface area contributed by atoms with Gasteiger partial charge in [-0.25, -0.2) is 0 Å². The zero-order valence-electron chi connectivity index (χ0n) is 22.2. The first-order chi connectivity index (χ1) is 16.5. The van der Waals surface area contributed by atoms with Crippen LogP contribution in [0.15, 0.2) is 23.5 Å². The number of fused-ring (bicyclic) bond motifs is 5. The molecule has 0 aromatic heterocycles. The fourth-order valence-electron chi connectivity index (χ4n) is 8.49. The summed E-state index contributed by atoms with van der Waals surface area (Å²) in [5, 5.41) is 0. The van der Waals surface area contributed by atoms with Crippen molar-refractivity contribution in [1.82, 2.24) is 0 Å². The van der Waals surface area contributed by atoms with Gasteiger partial charge in [0.2, 0.25) is 0 Å². The van der Waals surface area contributed by atoms with Crippen molar-refractivity contribution in [3.05, 3.63) is 23.5 Å². The van der Waals surface area contributed by atoms with Crippen molar-refractivity contribution in [1.29, 1.82) is 0 Å². The Bertz CT molecular complexity index is 933. The molecule has 4 aliphatic carbocycles. The molecule has 4 rings (SSSR count). The zero-order chi connectivity index (χ0) is 25.5. The molecule has 35 heavy (non-hydrogen) atoms. The number of methoxy groups -OCH3 is 1. The average Bonchev–Trinajstić information content (AvgIpc) is 3.16. The van der Waals surface area contributed by atoms with Gasteiger partial charge in [0.15, 0.2) is 0 Å². The van der Waals surface area contributed by atoms with Gasteiger partial charge in [-0.15, -0.1) is 0 Å². The average molecular weight is 487 g/mol. The second kappa shape index (κ2) is 9.74. The molecule has 4 aliphatic rings. The molecule has 6 nitrogen and oxygen atoms in total. The molecule has 6 heteroatoms. The summed E-state index contributed by atoms with van der Waals surface area (Å²) in [6.07, 6.45) is 11.4. The third-order valence-corrected chi connectivity index (χ3v) is 10.2. The van der Waals surface area contributed by atoms with Crippen molar-refractivity contribution in [2.75, 3.05) is 7.11 Å². The molecule has 0 spiro atoms. The third-order valence-electron chi connectivity index (χ3n) is 10.2. The van der Waals surface area contributed by atoms with Crippen LogP contribution < -0.4 is 0 Å². The quantitative estimate of drug-likeness (QED) is 0.351. The van der Waals surface area contributed by atoms with E-state index >= 15 is 0 Å². The summed E-state index contributed by atoms with van der Waals surface area (Å²) in [6.45, 7) is 9.94. The lowest BCUT2D eigenvalue weighted by atomic mass is 9.46. The Hall–Kier alpha value is -2.11. The maximum atomic E-state index is 12.3. The minimum atomic E-state index is -0.268. The van der Waals surface area contributed by atoms with Gasteiger partial charge in [0.05, 0.1) is 7.11 Å². The van der Waals surface area contributed by atoms with E-state index in [1.54, 1.807) is 0 Å². The van der Waals surface area contributed by atoms with Gasteiger partial charge in [0.1, 0.15) is 11.9 Å². The second-order valence-electron chi connectivity index (χ2n) is 11.9. The van der Waals surface area contributed by atoms with Crippen molar-refractivity contribution in [3.63, 3.8) is 0 Å². The SMILES string of the molecule is COC(=O)CC[C@@H](C)[C@H]1CC[C@H]2[C@@H]3CC=C4C=C(OC(C)=O)CC[C@]4(C)[C@H]3C[C@H](OC(C)=O)[C@]12C. The Balaban J connectivity index is 1.64. The molecule has 0 aliphatic heterocycles. The highest BCUT2D eigenvalue weighted by Crippen LogP contribution is 2.67. The molecule has 0 heterocycles. The van der Waals surface area contributed by atoms with Gasteiger partial charge < -0.3 is 14.2 Å². The van der Waals surface area contributed by atoms with Crippen molar-refractivity contribution < 1.29 is 28.6 Å². The molecular weight excluding hydrogens is 444 g/mol. The molecule has 0 aromatic carbocycles. The van der Waals surface area contributed by atoms with E-state index in [1.807, 2.05) is 0 Å². The number of hydrogen-bond donors (Lipinski definition) is 0. The van der Waals surface area contributed by atoms with Crippen molar-refractivity contribution >= 4 is 17.9 Å². The van der Waals surface area contributed by atoms with E-state index in [0.29, 0.717) is 36.0 Å². The van der Waals surface area contributed by atoms with Crippen LogP contribution >= 0.6 is 0 Å². The van der Waals surface area contributed by atoms with Crippen LogP contribution in [-0.2, 0) is 28.6 Å². The maximum Gasteiger partial charge on any atom is 0.307 e. The number of carbonyl (C=O) groups is 3. The molecule has 2 saturated carbocycles. The van der Waals surface area contributed by atoms with Gasteiger partial charge in [-0.1, -0.05) is 26.8 Å². The van der Waals surface area contributed by atoms with E-state index in [0.717, 1.165) is 50.7 Å². The van der Waals surface area contributed by atoms with E-state index in [9.17, 15) is 14.4 Å². The van der Waals surface area contributed by atoms with Gasteiger partial charge in [-0.05, 0) is 85.2 Å². The maximum absolute atomic E-state index is 12.3. The molecule has 0 saturated heterocycles. The van der Waals surface area contributed by atoms with Gasteiger partial charge >= 0.3 is 17.9 Å². The fourth-order valence-corrected chi connectivity index (χ4v) is 8.49. The molecule has 0 N–H and O–H groups in total. The topological polar surface area (TPSA) is 78.9 Å². The summed E-state index contributed by atoms with van der Waals surface area (Å²) >= 11 is 0. The molecule has 0 bridgehead atoms. The number of carbonyl (C=O) groups excluding carboxylic acids is 3. The van der Waals surface area contributed by atoms with Gasteiger partial charge in [-0.2, -0.15) is 0 Å². The van der Waals surface area contributed by atoms with Gasteiger partial charge in [0.25, 0.3) is 0 Å². The lowest BCUT2D eigenvalue weighted by Crippen LogP contribution is -2.57. The zero-order valence-corrected chi connectivity index (χ0v) is 22.2. The molecule has 194 valence electrons. The molecule has 0 unspecified atom stereocenters. The lowest BCUT2D eigenvalue weighted by molar-refractivity contribution is -0.179. The number of rotatable bonds is 6. The standard InChI is InChI=1S/C29H42O6/c1-17(7-12-27(32)33-6)23-10-11-24-22-9-8-20-15-21(34-18(2)30)13-14-28(20,4)25(22)16-26(29(23,24)5)35-19(3)31/h8,15,17,22-26H,7,9-14,16H2,1-6H3/t17-,22+,23-,24+,25+,26+,28+,29-/m1/s1. The Labute approximate surface area is 209 Å². The summed E-state index contributed by atoms with van der Waals surface area (Å²) in [7, 11) is 1.44. The van der Waals surface area contributed by atoms with E-state index in [-0.39, 0.29) is 34.8 Å². The molecule has 0 amide bonds. The highest BCUT2D eigenvalue weighted by molar-refractivity contribution is 5.69. The minimum Gasteiger partial charge on any atom is -0.469 e. The van der Waals surface area contributed by atoms with Gasteiger partial charge in [-0.3, -0.25) is 14.4 Å². The Morgan fingerprint density at radius 1 is 1.11 bits per heavy atom. The summed E-state index contributed by atoms with van der Waals surface area (Å²) < 4.78 is 16.5. The predicted octanol–water partition coefficient (Wildman–Crippen LogP) is 5.75. The fraction of sp³-hybridized carbons (Fsp3) is 0.759. The van der Waals surface area contributed by atoms with Crippen molar-refractivity contribution in [2.24, 2.45) is 40.4 Å². The molecule has 0 radical (unpaired) electrons. The number of allylic oxidation sites excluding steroid dienone is 4. The smallest absolute Gasteiger partial charge is 0.307 e. The first kappa shape index (κ1) is 26.0. The summed E-state index contributed by atoms with van der Waals surface area (Å²) in [4.78, 5) is 35.6. The van der Waals surface area contributed by atoms with E-state index < -0.39 is 0 Å². The van der Waals surface area contributed by atoms with E-state index in [2.05, 4.69) is 32.9 Å². The molecule has 0 aromatic rings.